The quantitative estimate of drug-likeness (QED) is 0.717. The van der Waals surface area contributed by atoms with Crippen LogP contribution < -0.4 is 11.1 Å². The molecule has 0 aromatic rings. The second-order valence-corrected chi connectivity index (χ2v) is 4.11. The van der Waals surface area contributed by atoms with Crippen molar-refractivity contribution in [2.75, 3.05) is 13.1 Å². The molecule has 16 heavy (non-hydrogen) atoms. The summed E-state index contributed by atoms with van der Waals surface area (Å²) in [7, 11) is 0. The van der Waals surface area contributed by atoms with E-state index in [1.165, 1.54) is 6.92 Å². The van der Waals surface area contributed by atoms with Crippen LogP contribution in [-0.4, -0.2) is 41.9 Å². The lowest BCUT2D eigenvalue weighted by molar-refractivity contribution is -0.136. The molecule has 0 aliphatic carbocycles. The van der Waals surface area contributed by atoms with E-state index in [0.717, 1.165) is 19.4 Å². The highest BCUT2D eigenvalue weighted by Crippen LogP contribution is 2.09. The highest BCUT2D eigenvalue weighted by Gasteiger charge is 2.25. The fourth-order valence-electron chi connectivity index (χ4n) is 1.85. The van der Waals surface area contributed by atoms with Crippen LogP contribution in [-0.2, 0) is 9.59 Å². The predicted octanol–water partition coefficient (Wildman–Crippen LogP) is -0.117. The Morgan fingerprint density at radius 2 is 2.12 bits per heavy atom. The SMILES string of the molecule is CC(=O)NC(C)C(=O)N1CCCC(N)C1.Cl. The van der Waals surface area contributed by atoms with Gasteiger partial charge in [-0.3, -0.25) is 9.59 Å². The topological polar surface area (TPSA) is 75.4 Å². The van der Waals surface area contributed by atoms with E-state index in [1.807, 2.05) is 0 Å². The second-order valence-electron chi connectivity index (χ2n) is 4.11. The highest BCUT2D eigenvalue weighted by molar-refractivity contribution is 5.86. The summed E-state index contributed by atoms with van der Waals surface area (Å²) in [5, 5.41) is 2.58. The Morgan fingerprint density at radius 1 is 1.50 bits per heavy atom. The largest absolute Gasteiger partial charge is 0.345 e. The van der Waals surface area contributed by atoms with Crippen molar-refractivity contribution in [3.05, 3.63) is 0 Å². The van der Waals surface area contributed by atoms with Gasteiger partial charge in [-0.05, 0) is 19.8 Å². The molecule has 1 heterocycles. The third kappa shape index (κ3) is 4.37. The summed E-state index contributed by atoms with van der Waals surface area (Å²) in [5.74, 6) is -0.225. The van der Waals surface area contributed by atoms with Gasteiger partial charge in [0, 0.05) is 26.1 Å². The molecular formula is C10H20ClN3O2. The number of likely N-dealkylation sites (tertiary alicyclic amines) is 1. The molecule has 0 aromatic heterocycles. The van der Waals surface area contributed by atoms with E-state index in [2.05, 4.69) is 5.32 Å². The van der Waals surface area contributed by atoms with Crippen molar-refractivity contribution >= 4 is 24.2 Å². The van der Waals surface area contributed by atoms with E-state index in [9.17, 15) is 9.59 Å². The standard InChI is InChI=1S/C10H19N3O2.ClH/c1-7(12-8(2)14)10(15)13-5-3-4-9(11)6-13;/h7,9H,3-6,11H2,1-2H3,(H,12,14);1H. The maximum Gasteiger partial charge on any atom is 0.244 e. The number of halogens is 1. The van der Waals surface area contributed by atoms with Crippen LogP contribution in [0.5, 0.6) is 0 Å². The summed E-state index contributed by atoms with van der Waals surface area (Å²) in [5.41, 5.74) is 5.78. The first-order valence-corrected chi connectivity index (χ1v) is 5.32. The molecule has 2 unspecified atom stereocenters. The molecule has 0 radical (unpaired) electrons. The minimum absolute atomic E-state index is 0. The molecule has 0 aromatic carbocycles. The van der Waals surface area contributed by atoms with Gasteiger partial charge in [0.05, 0.1) is 0 Å². The lowest BCUT2D eigenvalue weighted by Gasteiger charge is -2.32. The second kappa shape index (κ2) is 6.70. The van der Waals surface area contributed by atoms with Gasteiger partial charge in [-0.15, -0.1) is 12.4 Å². The van der Waals surface area contributed by atoms with Gasteiger partial charge in [-0.1, -0.05) is 0 Å². The molecule has 1 fully saturated rings. The Morgan fingerprint density at radius 3 is 2.62 bits per heavy atom. The van der Waals surface area contributed by atoms with Crippen molar-refractivity contribution in [3.8, 4) is 0 Å². The Hall–Kier alpha value is -0.810. The summed E-state index contributed by atoms with van der Waals surface area (Å²) >= 11 is 0. The average molecular weight is 250 g/mol. The number of rotatable bonds is 2. The van der Waals surface area contributed by atoms with Crippen LogP contribution in [0.25, 0.3) is 0 Å². The van der Waals surface area contributed by atoms with E-state index < -0.39 is 6.04 Å². The number of carbonyl (C=O) groups is 2. The monoisotopic (exact) mass is 249 g/mol. The minimum Gasteiger partial charge on any atom is -0.345 e. The summed E-state index contributed by atoms with van der Waals surface area (Å²) in [4.78, 5) is 24.4. The molecular weight excluding hydrogens is 230 g/mol. The van der Waals surface area contributed by atoms with Crippen molar-refractivity contribution in [1.29, 1.82) is 0 Å². The maximum absolute atomic E-state index is 11.8. The van der Waals surface area contributed by atoms with E-state index in [-0.39, 0.29) is 30.3 Å². The number of carbonyl (C=O) groups excluding carboxylic acids is 2. The number of hydrogen-bond acceptors (Lipinski definition) is 3. The number of piperidine rings is 1. The van der Waals surface area contributed by atoms with E-state index in [1.54, 1.807) is 11.8 Å². The van der Waals surface area contributed by atoms with Crippen LogP contribution in [0, 0.1) is 0 Å². The molecule has 6 heteroatoms. The molecule has 1 saturated heterocycles. The summed E-state index contributed by atoms with van der Waals surface area (Å²) in [6.45, 7) is 4.45. The molecule has 2 amide bonds. The smallest absolute Gasteiger partial charge is 0.244 e. The first-order chi connectivity index (χ1) is 7.00. The summed E-state index contributed by atoms with van der Waals surface area (Å²) in [6, 6.07) is -0.375. The molecule has 5 nitrogen and oxygen atoms in total. The molecule has 1 aliphatic heterocycles. The fourth-order valence-corrected chi connectivity index (χ4v) is 1.85. The van der Waals surface area contributed by atoms with Crippen LogP contribution >= 0.6 is 12.4 Å². The van der Waals surface area contributed by atoms with Crippen LogP contribution in [0.3, 0.4) is 0 Å². The van der Waals surface area contributed by atoms with Crippen molar-refractivity contribution in [1.82, 2.24) is 10.2 Å². The molecule has 94 valence electrons. The Labute approximate surface area is 102 Å². The number of nitrogens with two attached hydrogens (primary N) is 1. The zero-order valence-electron chi connectivity index (χ0n) is 9.73. The molecule has 0 spiro atoms. The van der Waals surface area contributed by atoms with Gasteiger partial charge < -0.3 is 16.0 Å². The van der Waals surface area contributed by atoms with Crippen molar-refractivity contribution in [3.63, 3.8) is 0 Å². The van der Waals surface area contributed by atoms with Gasteiger partial charge in [-0.25, -0.2) is 0 Å². The van der Waals surface area contributed by atoms with Crippen LogP contribution in [0.2, 0.25) is 0 Å². The van der Waals surface area contributed by atoms with Gasteiger partial charge in [0.2, 0.25) is 11.8 Å². The van der Waals surface area contributed by atoms with Gasteiger partial charge in [-0.2, -0.15) is 0 Å². The van der Waals surface area contributed by atoms with Gasteiger partial charge in [0.1, 0.15) is 6.04 Å². The summed E-state index contributed by atoms with van der Waals surface area (Å²) < 4.78 is 0. The molecule has 2 atom stereocenters. The normalized spacial score (nSPS) is 21.9. The molecule has 1 aliphatic rings. The molecule has 1 rings (SSSR count). The lowest BCUT2D eigenvalue weighted by atomic mass is 10.1. The number of hydrogen-bond donors (Lipinski definition) is 2. The Bertz CT molecular complexity index is 260. The summed E-state index contributed by atoms with van der Waals surface area (Å²) in [6.07, 6.45) is 1.91. The van der Waals surface area contributed by atoms with Crippen molar-refractivity contribution < 1.29 is 9.59 Å². The third-order valence-corrected chi connectivity index (χ3v) is 2.56. The maximum atomic E-state index is 11.8. The predicted molar refractivity (Wildman–Crippen MR) is 64.3 cm³/mol. The fraction of sp³-hybridized carbons (Fsp3) is 0.800. The minimum atomic E-state index is -0.451. The van der Waals surface area contributed by atoms with Crippen molar-refractivity contribution in [2.24, 2.45) is 5.73 Å². The van der Waals surface area contributed by atoms with Gasteiger partial charge in [0.15, 0.2) is 0 Å². The lowest BCUT2D eigenvalue weighted by Crippen LogP contribution is -2.52. The molecule has 3 N–H and O–H groups in total. The number of amides is 2. The van der Waals surface area contributed by atoms with Crippen LogP contribution in [0.4, 0.5) is 0 Å². The van der Waals surface area contributed by atoms with Crippen LogP contribution in [0.1, 0.15) is 26.7 Å². The Kier molecular flexibility index (Phi) is 6.36. The van der Waals surface area contributed by atoms with Crippen molar-refractivity contribution in [2.45, 2.75) is 38.8 Å². The first-order valence-electron chi connectivity index (χ1n) is 5.32. The number of nitrogens with one attached hydrogen (secondary N) is 1. The first kappa shape index (κ1) is 15.2. The van der Waals surface area contributed by atoms with Gasteiger partial charge >= 0.3 is 0 Å². The third-order valence-electron chi connectivity index (χ3n) is 2.56. The van der Waals surface area contributed by atoms with E-state index in [0.29, 0.717) is 6.54 Å². The number of nitrogens with zero attached hydrogens (tertiary/aromatic N) is 1. The zero-order valence-corrected chi connectivity index (χ0v) is 10.5. The van der Waals surface area contributed by atoms with E-state index >= 15 is 0 Å². The van der Waals surface area contributed by atoms with E-state index in [4.69, 9.17) is 5.73 Å². The molecule has 0 saturated carbocycles. The van der Waals surface area contributed by atoms with Crippen LogP contribution in [0.15, 0.2) is 0 Å². The average Bonchev–Trinajstić information content (AvgIpc) is 2.15. The molecule has 0 bridgehead atoms. The Balaban J connectivity index is 0.00000225. The zero-order chi connectivity index (χ0) is 11.4. The van der Waals surface area contributed by atoms with Gasteiger partial charge in [0.25, 0.3) is 0 Å². The highest BCUT2D eigenvalue weighted by atomic mass is 35.5.